The Hall–Kier alpha value is -1.99. The average Bonchev–Trinajstić information content (AvgIpc) is 3.15. The van der Waals surface area contributed by atoms with Gasteiger partial charge in [-0.05, 0) is 31.2 Å². The summed E-state index contributed by atoms with van der Waals surface area (Å²) >= 11 is 1.64. The minimum atomic E-state index is -0.177. The second-order valence-electron chi connectivity index (χ2n) is 7.11. The summed E-state index contributed by atoms with van der Waals surface area (Å²) in [4.78, 5) is 26.8. The molecule has 0 saturated carbocycles. The Kier molecular flexibility index (Phi) is 4.91. The van der Waals surface area contributed by atoms with Crippen molar-refractivity contribution in [3.63, 3.8) is 0 Å². The minimum Gasteiger partial charge on any atom is -0.371 e. The highest BCUT2D eigenvalue weighted by Gasteiger charge is 2.41. The van der Waals surface area contributed by atoms with E-state index in [9.17, 15) is 4.79 Å². The van der Waals surface area contributed by atoms with Gasteiger partial charge in [0.25, 0.3) is 0 Å². The minimum absolute atomic E-state index is 0.177. The number of carbonyl (C=O) groups excluding carboxylic acids is 1. The van der Waals surface area contributed by atoms with Crippen LogP contribution < -0.4 is 4.90 Å². The summed E-state index contributed by atoms with van der Waals surface area (Å²) in [5.41, 5.74) is 0.751. The van der Waals surface area contributed by atoms with Gasteiger partial charge >= 0.3 is 0 Å². The van der Waals surface area contributed by atoms with E-state index in [4.69, 9.17) is 4.74 Å². The fourth-order valence-corrected chi connectivity index (χ4v) is 4.48. The van der Waals surface area contributed by atoms with Gasteiger partial charge in [0.05, 0.1) is 30.5 Å². The number of ether oxygens (including phenoxy) is 1. The van der Waals surface area contributed by atoms with Crippen molar-refractivity contribution in [2.24, 2.45) is 0 Å². The summed E-state index contributed by atoms with van der Waals surface area (Å²) < 4.78 is 6.20. The second-order valence-corrected chi connectivity index (χ2v) is 8.14. The molecule has 1 spiro atoms. The van der Waals surface area contributed by atoms with Gasteiger partial charge in [0.1, 0.15) is 5.82 Å². The number of carbonyl (C=O) groups is 1. The van der Waals surface area contributed by atoms with E-state index in [0.29, 0.717) is 13.0 Å². The number of rotatable bonds is 3. The Balaban J connectivity index is 1.37. The Labute approximate surface area is 157 Å². The number of thiophene rings is 1. The number of aromatic nitrogens is 2. The molecule has 6 nitrogen and oxygen atoms in total. The second kappa shape index (κ2) is 7.32. The molecule has 4 rings (SSSR count). The quantitative estimate of drug-likeness (QED) is 0.827. The third-order valence-electron chi connectivity index (χ3n) is 5.25. The molecule has 0 aromatic carbocycles. The zero-order valence-electron chi connectivity index (χ0n) is 15.1. The topological polar surface area (TPSA) is 58.6 Å². The van der Waals surface area contributed by atoms with Crippen LogP contribution >= 0.6 is 11.3 Å². The number of amides is 1. The van der Waals surface area contributed by atoms with Crippen LogP contribution in [0.4, 0.5) is 5.82 Å². The largest absolute Gasteiger partial charge is 0.371 e. The summed E-state index contributed by atoms with van der Waals surface area (Å²) in [5.74, 6) is 1.14. The predicted molar refractivity (Wildman–Crippen MR) is 102 cm³/mol. The lowest BCUT2D eigenvalue weighted by Gasteiger charge is -2.47. The van der Waals surface area contributed by atoms with E-state index in [1.165, 1.54) is 0 Å². The van der Waals surface area contributed by atoms with Crippen LogP contribution in [0.15, 0.2) is 29.9 Å². The van der Waals surface area contributed by atoms with Crippen molar-refractivity contribution < 1.29 is 9.53 Å². The molecular weight excluding hydrogens is 348 g/mol. The Bertz CT molecular complexity index is 757. The number of morpholine rings is 1. The number of hydrogen-bond acceptors (Lipinski definition) is 6. The third kappa shape index (κ3) is 3.73. The van der Waals surface area contributed by atoms with Gasteiger partial charge in [0.2, 0.25) is 5.91 Å². The number of likely N-dealkylation sites (tertiary alicyclic amines) is 1. The molecule has 0 unspecified atom stereocenters. The van der Waals surface area contributed by atoms with Crippen LogP contribution in [0.25, 0.3) is 0 Å². The average molecular weight is 372 g/mol. The third-order valence-corrected chi connectivity index (χ3v) is 6.12. The van der Waals surface area contributed by atoms with Crippen molar-refractivity contribution in [2.45, 2.75) is 31.8 Å². The zero-order valence-corrected chi connectivity index (χ0v) is 15.9. The molecule has 2 aromatic rings. The maximum Gasteiger partial charge on any atom is 0.227 e. The molecular formula is C19H24N4O2S. The van der Waals surface area contributed by atoms with Crippen molar-refractivity contribution in [1.29, 1.82) is 0 Å². The van der Waals surface area contributed by atoms with E-state index >= 15 is 0 Å². The Morgan fingerprint density at radius 2 is 2.15 bits per heavy atom. The first-order valence-electron chi connectivity index (χ1n) is 9.11. The van der Waals surface area contributed by atoms with E-state index in [-0.39, 0.29) is 11.5 Å². The number of anilines is 1. The zero-order chi connectivity index (χ0) is 18.0. The predicted octanol–water partition coefficient (Wildman–Crippen LogP) is 2.29. The molecule has 0 N–H and O–H groups in total. The van der Waals surface area contributed by atoms with E-state index in [0.717, 1.165) is 55.4 Å². The summed E-state index contributed by atoms with van der Waals surface area (Å²) in [5, 5.41) is 2.02. The molecule has 2 aromatic heterocycles. The maximum atomic E-state index is 12.5. The van der Waals surface area contributed by atoms with Crippen molar-refractivity contribution in [1.82, 2.24) is 14.9 Å². The molecule has 26 heavy (non-hydrogen) atoms. The van der Waals surface area contributed by atoms with Crippen molar-refractivity contribution in [3.8, 4) is 0 Å². The van der Waals surface area contributed by atoms with Crippen LogP contribution in [-0.4, -0.2) is 59.2 Å². The summed E-state index contributed by atoms with van der Waals surface area (Å²) in [6.45, 7) is 5.83. The smallest absolute Gasteiger partial charge is 0.227 e. The molecule has 1 amide bonds. The lowest BCUT2D eigenvalue weighted by molar-refractivity contribution is -0.138. The molecule has 7 heteroatoms. The summed E-state index contributed by atoms with van der Waals surface area (Å²) in [7, 11) is 0. The SMILES string of the molecule is Cc1cncc(N2CCOC3(CCN(C(=O)Cc4cccs4)CC3)C2)n1. The highest BCUT2D eigenvalue weighted by molar-refractivity contribution is 7.10. The monoisotopic (exact) mass is 372 g/mol. The van der Waals surface area contributed by atoms with Crippen LogP contribution in [0, 0.1) is 6.92 Å². The van der Waals surface area contributed by atoms with Gasteiger partial charge in [-0.15, -0.1) is 11.3 Å². The van der Waals surface area contributed by atoms with E-state index in [2.05, 4.69) is 14.9 Å². The molecule has 2 aliphatic heterocycles. The highest BCUT2D eigenvalue weighted by atomic mass is 32.1. The number of nitrogens with zero attached hydrogens (tertiary/aromatic N) is 4. The maximum absolute atomic E-state index is 12.5. The molecule has 4 heterocycles. The normalized spacial score (nSPS) is 19.7. The van der Waals surface area contributed by atoms with Gasteiger partial charge < -0.3 is 14.5 Å². The number of aryl methyl sites for hydroxylation is 1. The van der Waals surface area contributed by atoms with Crippen LogP contribution in [0.3, 0.4) is 0 Å². The van der Waals surface area contributed by atoms with Gasteiger partial charge in [-0.3, -0.25) is 9.78 Å². The van der Waals surface area contributed by atoms with Crippen LogP contribution in [-0.2, 0) is 16.0 Å². The standard InChI is InChI=1S/C19H24N4O2S/c1-15-12-20-13-17(21-15)23-8-9-25-19(14-23)4-6-22(7-5-19)18(24)11-16-3-2-10-26-16/h2-3,10,12-13H,4-9,11,14H2,1H3. The van der Waals surface area contributed by atoms with E-state index in [1.54, 1.807) is 17.5 Å². The van der Waals surface area contributed by atoms with Gasteiger partial charge in [0.15, 0.2) is 0 Å². The van der Waals surface area contributed by atoms with Crippen LogP contribution in [0.1, 0.15) is 23.4 Å². The first-order valence-corrected chi connectivity index (χ1v) is 9.99. The molecule has 138 valence electrons. The van der Waals surface area contributed by atoms with E-state index < -0.39 is 0 Å². The molecule has 0 bridgehead atoms. The highest BCUT2D eigenvalue weighted by Crippen LogP contribution is 2.32. The van der Waals surface area contributed by atoms with Gasteiger partial charge in [0, 0.05) is 37.3 Å². The first-order chi connectivity index (χ1) is 12.6. The number of hydrogen-bond donors (Lipinski definition) is 0. The van der Waals surface area contributed by atoms with Crippen LogP contribution in [0.5, 0.6) is 0 Å². The lowest BCUT2D eigenvalue weighted by atomic mass is 9.89. The van der Waals surface area contributed by atoms with Crippen molar-refractivity contribution >= 4 is 23.1 Å². The summed E-state index contributed by atoms with van der Waals surface area (Å²) in [6.07, 6.45) is 5.86. The Morgan fingerprint density at radius 1 is 1.31 bits per heavy atom. The fourth-order valence-electron chi connectivity index (χ4n) is 3.78. The molecule has 2 fully saturated rings. The molecule has 2 saturated heterocycles. The molecule has 0 atom stereocenters. The molecule has 0 radical (unpaired) electrons. The first kappa shape index (κ1) is 17.4. The lowest BCUT2D eigenvalue weighted by Crippen LogP contribution is -2.58. The molecule has 0 aliphatic carbocycles. The van der Waals surface area contributed by atoms with Crippen molar-refractivity contribution in [2.75, 3.05) is 37.7 Å². The van der Waals surface area contributed by atoms with Gasteiger partial charge in [-0.25, -0.2) is 4.98 Å². The van der Waals surface area contributed by atoms with Crippen molar-refractivity contribution in [3.05, 3.63) is 40.5 Å². The van der Waals surface area contributed by atoms with Crippen LogP contribution in [0.2, 0.25) is 0 Å². The number of piperidine rings is 1. The summed E-state index contributed by atoms with van der Waals surface area (Å²) in [6, 6.07) is 4.02. The fraction of sp³-hybridized carbons (Fsp3) is 0.526. The van der Waals surface area contributed by atoms with E-state index in [1.807, 2.05) is 35.5 Å². The van der Waals surface area contributed by atoms with Gasteiger partial charge in [-0.2, -0.15) is 0 Å². The molecule has 2 aliphatic rings. The van der Waals surface area contributed by atoms with Gasteiger partial charge in [-0.1, -0.05) is 6.07 Å². The Morgan fingerprint density at radius 3 is 2.88 bits per heavy atom.